The van der Waals surface area contributed by atoms with Crippen molar-refractivity contribution in [2.45, 2.75) is 157 Å². The highest BCUT2D eigenvalue weighted by Gasteiger charge is 2.38. The molecular formula is C35H62N6O12. The number of alkyl carbamates (subject to hydrolysis) is 4. The molecule has 0 heterocycles. The van der Waals surface area contributed by atoms with Gasteiger partial charge in [-0.25, -0.2) is 24.0 Å². The van der Waals surface area contributed by atoms with Gasteiger partial charge in [-0.1, -0.05) is 0 Å². The normalized spacial score (nSPS) is 12.9. The van der Waals surface area contributed by atoms with Crippen LogP contribution in [0.4, 0.5) is 19.2 Å². The van der Waals surface area contributed by atoms with E-state index in [1.54, 1.807) is 83.1 Å². The van der Waals surface area contributed by atoms with Gasteiger partial charge in [0.1, 0.15) is 34.5 Å². The molecule has 0 aliphatic heterocycles. The smallest absolute Gasteiger partial charge is 0.414 e. The number of ether oxygens (including phenoxy) is 5. The number of aliphatic imine (C=N–C) groups is 1. The van der Waals surface area contributed by atoms with Crippen molar-refractivity contribution in [1.29, 1.82) is 0 Å². The van der Waals surface area contributed by atoms with Gasteiger partial charge in [0, 0.05) is 20.0 Å². The molecule has 0 aromatic carbocycles. The van der Waals surface area contributed by atoms with Crippen LogP contribution in [0.3, 0.4) is 0 Å². The number of unbranched alkanes of at least 4 members (excludes halogenated alkanes) is 1. The van der Waals surface area contributed by atoms with Gasteiger partial charge in [0.2, 0.25) is 11.9 Å². The lowest BCUT2D eigenvalue weighted by Gasteiger charge is -2.31. The van der Waals surface area contributed by atoms with Crippen LogP contribution in [0.2, 0.25) is 0 Å². The summed E-state index contributed by atoms with van der Waals surface area (Å²) in [6.07, 6.45) is -2.77. The van der Waals surface area contributed by atoms with E-state index in [2.05, 4.69) is 26.3 Å². The van der Waals surface area contributed by atoms with Gasteiger partial charge in [-0.05, 0) is 115 Å². The van der Waals surface area contributed by atoms with Crippen LogP contribution in [0.1, 0.15) is 122 Å². The first-order valence-corrected chi connectivity index (χ1v) is 17.5. The summed E-state index contributed by atoms with van der Waals surface area (Å²) in [7, 11) is 1.12. The SMILES string of the molecule is COC(=O)[C@H](CCCCNC(=O)OC(C)(C)C)N(C(C)=O)C(=O)[C@H](CCCN=C(NC(=O)OC(C)(C)C)NC(=O)OC(C)(C)C)NC(=O)OC(C)(C)C. The van der Waals surface area contributed by atoms with Crippen LogP contribution in [0.5, 0.6) is 0 Å². The molecule has 0 spiro atoms. The Morgan fingerprint density at radius 1 is 0.623 bits per heavy atom. The molecule has 0 aliphatic rings. The Kier molecular flexibility index (Phi) is 19.3. The molecule has 4 N–H and O–H groups in total. The Morgan fingerprint density at radius 3 is 1.51 bits per heavy atom. The minimum atomic E-state index is -1.38. The van der Waals surface area contributed by atoms with Crippen molar-refractivity contribution in [1.82, 2.24) is 26.2 Å². The van der Waals surface area contributed by atoms with E-state index in [9.17, 15) is 33.6 Å². The third-order valence-corrected chi connectivity index (χ3v) is 6.08. The third-order valence-electron chi connectivity index (χ3n) is 6.08. The number of hydrogen-bond donors (Lipinski definition) is 4. The maximum absolute atomic E-state index is 14.0. The molecule has 18 nitrogen and oxygen atoms in total. The number of imide groups is 1. The van der Waals surface area contributed by atoms with Gasteiger partial charge < -0.3 is 34.3 Å². The maximum Gasteiger partial charge on any atom is 0.414 e. The summed E-state index contributed by atoms with van der Waals surface area (Å²) >= 11 is 0. The molecule has 0 saturated heterocycles. The van der Waals surface area contributed by atoms with E-state index in [-0.39, 0.29) is 38.3 Å². The molecule has 0 fully saturated rings. The second-order valence-electron chi connectivity index (χ2n) is 16.0. The first kappa shape index (κ1) is 48.4. The predicted octanol–water partition coefficient (Wildman–Crippen LogP) is 4.68. The molecule has 0 saturated carbocycles. The summed E-state index contributed by atoms with van der Waals surface area (Å²) in [5, 5.41) is 9.81. The Balaban J connectivity index is 6.20. The largest absolute Gasteiger partial charge is 0.467 e. The number of amides is 6. The number of esters is 1. The molecular weight excluding hydrogens is 696 g/mol. The zero-order valence-electron chi connectivity index (χ0n) is 33.9. The number of methoxy groups -OCH3 is 1. The number of rotatable bonds is 13. The van der Waals surface area contributed by atoms with E-state index in [1.807, 2.05) is 0 Å². The van der Waals surface area contributed by atoms with Crippen LogP contribution in [-0.4, -0.2) is 108 Å². The summed E-state index contributed by atoms with van der Waals surface area (Å²) in [5.41, 5.74) is -3.33. The maximum atomic E-state index is 14.0. The van der Waals surface area contributed by atoms with Gasteiger partial charge in [-0.3, -0.25) is 30.1 Å². The Morgan fingerprint density at radius 2 is 1.08 bits per heavy atom. The zero-order chi connectivity index (χ0) is 41.4. The van der Waals surface area contributed by atoms with E-state index in [4.69, 9.17) is 23.7 Å². The summed E-state index contributed by atoms with van der Waals surface area (Å²) in [4.78, 5) is 94.6. The first-order valence-electron chi connectivity index (χ1n) is 17.5. The lowest BCUT2D eigenvalue weighted by molar-refractivity contribution is -0.160. The van der Waals surface area contributed by atoms with Gasteiger partial charge in [0.15, 0.2) is 0 Å². The van der Waals surface area contributed by atoms with Gasteiger partial charge in [-0.15, -0.1) is 0 Å². The highest BCUT2D eigenvalue weighted by molar-refractivity contribution is 6.02. The van der Waals surface area contributed by atoms with E-state index >= 15 is 0 Å². The minimum Gasteiger partial charge on any atom is -0.467 e. The first-order chi connectivity index (χ1) is 24.0. The fourth-order valence-electron chi connectivity index (χ4n) is 4.26. The molecule has 0 aromatic rings. The van der Waals surface area contributed by atoms with E-state index in [0.29, 0.717) is 12.8 Å². The van der Waals surface area contributed by atoms with Crippen molar-refractivity contribution in [3.63, 3.8) is 0 Å². The highest BCUT2D eigenvalue weighted by Crippen LogP contribution is 2.17. The fourth-order valence-corrected chi connectivity index (χ4v) is 4.26. The monoisotopic (exact) mass is 758 g/mol. The van der Waals surface area contributed by atoms with E-state index in [1.165, 1.54) is 0 Å². The Hall–Kier alpha value is -4.64. The predicted molar refractivity (Wildman–Crippen MR) is 195 cm³/mol. The minimum absolute atomic E-state index is 0.00648. The molecule has 0 radical (unpaired) electrons. The summed E-state index contributed by atoms with van der Waals surface area (Å²) < 4.78 is 26.0. The van der Waals surface area contributed by atoms with Crippen molar-refractivity contribution >= 4 is 48.1 Å². The molecule has 0 aliphatic carbocycles. The van der Waals surface area contributed by atoms with Crippen LogP contribution in [0, 0.1) is 0 Å². The van der Waals surface area contributed by atoms with Crippen LogP contribution in [0.25, 0.3) is 0 Å². The van der Waals surface area contributed by atoms with Gasteiger partial charge in [-0.2, -0.15) is 0 Å². The fraction of sp³-hybridized carbons (Fsp3) is 0.771. The molecule has 0 rings (SSSR count). The van der Waals surface area contributed by atoms with Crippen molar-refractivity contribution in [2.24, 2.45) is 4.99 Å². The molecule has 0 bridgehead atoms. The topological polar surface area (TPSA) is 229 Å². The molecule has 0 unspecified atom stereocenters. The highest BCUT2D eigenvalue weighted by atomic mass is 16.6. The van der Waals surface area contributed by atoms with Crippen molar-refractivity contribution in [2.75, 3.05) is 20.2 Å². The zero-order valence-corrected chi connectivity index (χ0v) is 33.9. The standard InChI is InChI=1S/C35H62N6O12/c1-22(42)41(24(26(44)49-14)19-15-16-20-37-28(45)50-32(2,3)4)25(43)23(38-29(46)51-33(5,6)7)18-17-21-36-27(39-30(47)52-34(8,9)10)40-31(48)53-35(11,12)13/h23-24H,15-21H2,1-14H3,(H,37,45)(H,38,46)(H2,36,39,40,47,48)/t23-,24-/m0/s1. The second-order valence-corrected chi connectivity index (χ2v) is 16.0. The number of nitrogens with zero attached hydrogens (tertiary/aromatic N) is 2. The number of hydrogen-bond acceptors (Lipinski definition) is 13. The van der Waals surface area contributed by atoms with Crippen molar-refractivity contribution in [3.8, 4) is 0 Å². The molecule has 53 heavy (non-hydrogen) atoms. The molecule has 304 valence electrons. The molecule has 18 heteroatoms. The van der Waals surface area contributed by atoms with Crippen molar-refractivity contribution < 1.29 is 57.2 Å². The summed E-state index contributed by atoms with van der Waals surface area (Å²) in [5.74, 6) is -2.85. The average molecular weight is 759 g/mol. The van der Waals surface area contributed by atoms with Crippen LogP contribution in [0.15, 0.2) is 4.99 Å². The van der Waals surface area contributed by atoms with Gasteiger partial charge >= 0.3 is 30.3 Å². The summed E-state index contributed by atoms with van der Waals surface area (Å²) in [6.45, 7) is 21.2. The molecule has 6 amide bonds. The van der Waals surface area contributed by atoms with E-state index in [0.717, 1.165) is 18.9 Å². The Labute approximate surface area is 313 Å². The molecule has 2 atom stereocenters. The average Bonchev–Trinajstić information content (AvgIpc) is 2.92. The van der Waals surface area contributed by atoms with Crippen LogP contribution < -0.4 is 21.3 Å². The number of guanidine groups is 1. The number of carbonyl (C=O) groups is 7. The van der Waals surface area contributed by atoms with Crippen LogP contribution in [-0.2, 0) is 38.1 Å². The number of nitrogens with one attached hydrogen (secondary N) is 4. The lowest BCUT2D eigenvalue weighted by atomic mass is 10.0. The molecule has 0 aromatic heterocycles. The number of carbonyl (C=O) groups excluding carboxylic acids is 7. The third kappa shape index (κ3) is 23.5. The van der Waals surface area contributed by atoms with Crippen molar-refractivity contribution in [3.05, 3.63) is 0 Å². The van der Waals surface area contributed by atoms with E-state index < -0.39 is 76.6 Å². The second kappa shape index (κ2) is 21.2. The quantitative estimate of drug-likeness (QED) is 0.0660. The lowest BCUT2D eigenvalue weighted by Crippen LogP contribution is -2.56. The Bertz CT molecular complexity index is 1270. The van der Waals surface area contributed by atoms with Gasteiger partial charge in [0.05, 0.1) is 7.11 Å². The summed E-state index contributed by atoms with van der Waals surface area (Å²) in [6, 6.07) is -2.74. The van der Waals surface area contributed by atoms with Crippen LogP contribution >= 0.6 is 0 Å². The van der Waals surface area contributed by atoms with Gasteiger partial charge in [0.25, 0.3) is 5.91 Å².